The lowest BCUT2D eigenvalue weighted by Gasteiger charge is -2.54. The van der Waals surface area contributed by atoms with Crippen LogP contribution >= 0.6 is 0 Å². The molecule has 6 rings (SSSR count). The first-order valence-corrected chi connectivity index (χ1v) is 14.2. The van der Waals surface area contributed by atoms with Gasteiger partial charge in [-0.05, 0) is 72.7 Å². The molecule has 41 heavy (non-hydrogen) atoms. The monoisotopic (exact) mass is 556 g/mol. The molecule has 2 aromatic carbocycles. The number of nitrogens with one attached hydrogen (secondary N) is 2. The minimum Gasteiger partial charge on any atom is -0.493 e. The molecule has 0 saturated carbocycles. The van der Waals surface area contributed by atoms with E-state index in [1.54, 1.807) is 20.3 Å². The van der Waals surface area contributed by atoms with Crippen LogP contribution in [0, 0.1) is 11.8 Å². The van der Waals surface area contributed by atoms with Gasteiger partial charge in [0.1, 0.15) is 0 Å². The number of hydrogen-bond donors (Lipinski definition) is 2. The van der Waals surface area contributed by atoms with E-state index in [0.717, 1.165) is 41.2 Å². The average molecular weight is 557 g/mol. The van der Waals surface area contributed by atoms with Crippen molar-refractivity contribution < 1.29 is 19.1 Å². The largest absolute Gasteiger partial charge is 0.493 e. The molecule has 1 saturated heterocycles. The lowest BCUT2D eigenvalue weighted by molar-refractivity contribution is -0.126. The van der Waals surface area contributed by atoms with Gasteiger partial charge in [0.2, 0.25) is 11.8 Å². The summed E-state index contributed by atoms with van der Waals surface area (Å²) in [5.41, 5.74) is 4.98. The Balaban J connectivity index is 1.29. The zero-order valence-corrected chi connectivity index (χ0v) is 23.7. The maximum Gasteiger partial charge on any atom is 0.250 e. The number of carbonyl (C=O) groups is 2. The number of piperidine rings is 1. The van der Waals surface area contributed by atoms with Gasteiger partial charge in [-0.15, -0.1) is 0 Å². The second kappa shape index (κ2) is 11.0. The van der Waals surface area contributed by atoms with E-state index in [2.05, 4.69) is 21.6 Å². The molecule has 1 fully saturated rings. The number of carbonyl (C=O) groups excluding carboxylic acids is 2. The summed E-state index contributed by atoms with van der Waals surface area (Å²) in [4.78, 5) is 40.9. The maximum absolute atomic E-state index is 14.0. The fourth-order valence-electron chi connectivity index (χ4n) is 7.10. The number of benzene rings is 2. The van der Waals surface area contributed by atoms with E-state index in [0.29, 0.717) is 43.3 Å². The van der Waals surface area contributed by atoms with Crippen LogP contribution in [0.5, 0.6) is 11.5 Å². The number of aromatic nitrogens is 1. The summed E-state index contributed by atoms with van der Waals surface area (Å²) < 4.78 is 12.7. The first-order valence-electron chi connectivity index (χ1n) is 14.2. The minimum absolute atomic E-state index is 0.00454. The van der Waals surface area contributed by atoms with Crippen molar-refractivity contribution in [3.05, 3.63) is 81.8 Å². The number of nitrogens with zero attached hydrogens (tertiary/aromatic N) is 2. The molecule has 9 nitrogen and oxygen atoms in total. The second-order valence-electron chi connectivity index (χ2n) is 11.3. The summed E-state index contributed by atoms with van der Waals surface area (Å²) in [6.45, 7) is 3.45. The first-order chi connectivity index (χ1) is 19.9. The van der Waals surface area contributed by atoms with Crippen molar-refractivity contribution in [1.29, 1.82) is 0 Å². The van der Waals surface area contributed by atoms with Crippen molar-refractivity contribution in [3.63, 3.8) is 0 Å². The Morgan fingerprint density at radius 3 is 2.61 bits per heavy atom. The van der Waals surface area contributed by atoms with E-state index >= 15 is 0 Å². The van der Waals surface area contributed by atoms with Gasteiger partial charge in [0, 0.05) is 61.7 Å². The Morgan fingerprint density at radius 2 is 1.83 bits per heavy atom. The van der Waals surface area contributed by atoms with Gasteiger partial charge in [0.15, 0.2) is 11.5 Å². The first kappa shape index (κ1) is 26.9. The summed E-state index contributed by atoms with van der Waals surface area (Å²) >= 11 is 0. The van der Waals surface area contributed by atoms with Gasteiger partial charge in [-0.25, -0.2) is 0 Å². The van der Waals surface area contributed by atoms with Crippen LogP contribution in [0.1, 0.15) is 36.1 Å². The SMILES string of the molecule is COc1ccc(CCNC(=O)C2Cc3cc(NC(C)=O)ccc3N3CC4CC(c5cccc(=O)n5C4)C23)cc1OC. The maximum atomic E-state index is 14.0. The van der Waals surface area contributed by atoms with E-state index < -0.39 is 0 Å². The van der Waals surface area contributed by atoms with Crippen LogP contribution in [0.4, 0.5) is 11.4 Å². The number of amides is 2. The molecule has 2 N–H and O–H groups in total. The molecule has 3 aromatic rings. The third-order valence-electron chi connectivity index (χ3n) is 8.78. The lowest BCUT2D eigenvalue weighted by atomic mass is 9.69. The Bertz CT molecular complexity index is 1550. The second-order valence-corrected chi connectivity index (χ2v) is 11.3. The third-order valence-corrected chi connectivity index (χ3v) is 8.78. The number of hydrogen-bond acceptors (Lipinski definition) is 6. The highest BCUT2D eigenvalue weighted by molar-refractivity contribution is 5.89. The van der Waals surface area contributed by atoms with Crippen LogP contribution < -0.4 is 30.6 Å². The van der Waals surface area contributed by atoms with Gasteiger partial charge in [0.25, 0.3) is 5.56 Å². The van der Waals surface area contributed by atoms with Crippen LogP contribution in [-0.2, 0) is 29.0 Å². The van der Waals surface area contributed by atoms with Crippen LogP contribution in [-0.4, -0.2) is 49.7 Å². The zero-order valence-electron chi connectivity index (χ0n) is 23.7. The summed E-state index contributed by atoms with van der Waals surface area (Å²) in [5.74, 6) is 1.28. The topological polar surface area (TPSA) is 102 Å². The predicted octanol–water partition coefficient (Wildman–Crippen LogP) is 3.35. The Kier molecular flexibility index (Phi) is 7.19. The van der Waals surface area contributed by atoms with Gasteiger partial charge in [-0.1, -0.05) is 12.1 Å². The normalized spacial score (nSPS) is 22.1. The molecule has 4 atom stereocenters. The van der Waals surface area contributed by atoms with Crippen molar-refractivity contribution >= 4 is 23.2 Å². The fraction of sp³-hybridized carbons (Fsp3) is 0.406. The number of methoxy groups -OCH3 is 2. The van der Waals surface area contributed by atoms with E-state index in [9.17, 15) is 14.4 Å². The highest BCUT2D eigenvalue weighted by atomic mass is 16.5. The van der Waals surface area contributed by atoms with E-state index in [-0.39, 0.29) is 35.3 Å². The van der Waals surface area contributed by atoms with Gasteiger partial charge in [0.05, 0.1) is 20.1 Å². The Labute approximate surface area is 239 Å². The van der Waals surface area contributed by atoms with Crippen LogP contribution in [0.25, 0.3) is 0 Å². The predicted molar refractivity (Wildman–Crippen MR) is 157 cm³/mol. The summed E-state index contributed by atoms with van der Waals surface area (Å²) in [6.07, 6.45) is 2.17. The fourth-order valence-corrected chi connectivity index (χ4v) is 7.10. The summed E-state index contributed by atoms with van der Waals surface area (Å²) in [6, 6.07) is 17.2. The van der Waals surface area contributed by atoms with E-state index in [1.165, 1.54) is 6.92 Å². The van der Waals surface area contributed by atoms with Crippen molar-refractivity contribution in [2.24, 2.45) is 11.8 Å². The molecule has 4 unspecified atom stereocenters. The van der Waals surface area contributed by atoms with Crippen LogP contribution in [0.2, 0.25) is 0 Å². The molecular weight excluding hydrogens is 520 g/mol. The molecular formula is C32H36N4O5. The summed E-state index contributed by atoms with van der Waals surface area (Å²) in [5, 5.41) is 6.10. The molecule has 0 spiro atoms. The quantitative estimate of drug-likeness (QED) is 0.463. The molecule has 0 radical (unpaired) electrons. The van der Waals surface area contributed by atoms with Gasteiger partial charge >= 0.3 is 0 Å². The molecule has 214 valence electrons. The number of fused-ring (bicyclic) bond motifs is 8. The number of pyridine rings is 1. The van der Waals surface area contributed by atoms with Gasteiger partial charge in [-0.2, -0.15) is 0 Å². The third kappa shape index (κ3) is 5.05. The Morgan fingerprint density at radius 1 is 1.00 bits per heavy atom. The summed E-state index contributed by atoms with van der Waals surface area (Å²) in [7, 11) is 3.22. The molecule has 9 heteroatoms. The van der Waals surface area contributed by atoms with Crippen LogP contribution in [0.3, 0.4) is 0 Å². The molecule has 1 aromatic heterocycles. The molecule has 0 aliphatic carbocycles. The van der Waals surface area contributed by atoms with Crippen LogP contribution in [0.15, 0.2) is 59.4 Å². The highest BCUT2D eigenvalue weighted by Gasteiger charge is 2.49. The molecule has 4 heterocycles. The lowest BCUT2D eigenvalue weighted by Crippen LogP contribution is -2.60. The average Bonchev–Trinajstić information content (AvgIpc) is 2.96. The minimum atomic E-state index is -0.312. The zero-order chi connectivity index (χ0) is 28.7. The number of rotatable bonds is 7. The molecule has 2 bridgehead atoms. The van der Waals surface area contributed by atoms with E-state index in [1.807, 2.05) is 47.0 Å². The molecule has 3 aliphatic heterocycles. The Hall–Kier alpha value is -4.27. The van der Waals surface area contributed by atoms with Gasteiger partial charge < -0.3 is 29.6 Å². The molecule has 2 amide bonds. The van der Waals surface area contributed by atoms with E-state index in [4.69, 9.17) is 9.47 Å². The molecule has 3 aliphatic rings. The highest BCUT2D eigenvalue weighted by Crippen LogP contribution is 2.48. The van der Waals surface area contributed by atoms with Gasteiger partial charge in [-0.3, -0.25) is 14.4 Å². The number of ether oxygens (including phenoxy) is 2. The van der Waals surface area contributed by atoms with Crippen molar-refractivity contribution in [1.82, 2.24) is 9.88 Å². The number of anilines is 2. The standard InChI is InChI=1S/C32H36N4O5/c1-19(37)34-23-8-9-26-22(15-23)16-25(32(39)33-12-11-20-7-10-28(40-2)29(14-20)41-3)31-24-13-21(18-36(26)31)17-35-27(24)5-4-6-30(35)38/h4-10,14-15,21,24-25,31H,11-13,16-18H2,1-3H3,(H,33,39)(H,34,37). The van der Waals surface area contributed by atoms with Crippen molar-refractivity contribution in [3.8, 4) is 11.5 Å². The smallest absolute Gasteiger partial charge is 0.250 e. The van der Waals surface area contributed by atoms with Crippen molar-refractivity contribution in [2.45, 2.75) is 44.7 Å². The van der Waals surface area contributed by atoms with Crippen molar-refractivity contribution in [2.75, 3.05) is 37.5 Å².